The zero-order valence-corrected chi connectivity index (χ0v) is 19.4. The predicted octanol–water partition coefficient (Wildman–Crippen LogP) is 6.37. The largest absolute Gasteiger partial charge is 0.458 e. The van der Waals surface area contributed by atoms with Crippen LogP contribution in [0.2, 0.25) is 0 Å². The number of ether oxygens (including phenoxy) is 1. The van der Waals surface area contributed by atoms with E-state index >= 15 is 0 Å². The third-order valence-corrected chi connectivity index (χ3v) is 6.56. The van der Waals surface area contributed by atoms with Gasteiger partial charge in [0.1, 0.15) is 11.5 Å². The summed E-state index contributed by atoms with van der Waals surface area (Å²) in [5.74, 6) is -1.27. The Balaban J connectivity index is 1.64. The number of ketones is 1. The highest BCUT2D eigenvalue weighted by Gasteiger charge is 2.50. The minimum Gasteiger partial charge on any atom is -0.458 e. The number of carbonyl (C=O) groups excluding carboxylic acids is 2. The van der Waals surface area contributed by atoms with Gasteiger partial charge in [-0.1, -0.05) is 105 Å². The molecular formula is C30H32O3. The molecule has 0 amide bonds. The summed E-state index contributed by atoms with van der Waals surface area (Å²) in [4.78, 5) is 27.3. The molecule has 0 bridgehead atoms. The van der Waals surface area contributed by atoms with Gasteiger partial charge in [0.25, 0.3) is 0 Å². The van der Waals surface area contributed by atoms with Crippen LogP contribution < -0.4 is 0 Å². The van der Waals surface area contributed by atoms with E-state index in [9.17, 15) is 9.59 Å². The normalized spacial score (nSPS) is 20.8. The molecule has 33 heavy (non-hydrogen) atoms. The molecule has 1 fully saturated rings. The summed E-state index contributed by atoms with van der Waals surface area (Å²) in [5.41, 5.74) is 2.36. The molecule has 3 aromatic carbocycles. The predicted molar refractivity (Wildman–Crippen MR) is 131 cm³/mol. The average molecular weight is 441 g/mol. The van der Waals surface area contributed by atoms with Gasteiger partial charge in [-0.15, -0.1) is 0 Å². The van der Waals surface area contributed by atoms with Crippen molar-refractivity contribution in [1.29, 1.82) is 0 Å². The zero-order chi connectivity index (χ0) is 23.3. The molecule has 1 aliphatic rings. The van der Waals surface area contributed by atoms with Crippen LogP contribution in [0.25, 0.3) is 0 Å². The van der Waals surface area contributed by atoms with Crippen molar-refractivity contribution in [3.63, 3.8) is 0 Å². The molecule has 170 valence electrons. The van der Waals surface area contributed by atoms with E-state index in [1.54, 1.807) is 0 Å². The molecule has 0 radical (unpaired) electrons. The zero-order valence-electron chi connectivity index (χ0n) is 19.4. The Bertz CT molecular complexity index is 1000. The van der Waals surface area contributed by atoms with E-state index in [1.807, 2.05) is 78.9 Å². The maximum absolute atomic E-state index is 13.7. The second-order valence-corrected chi connectivity index (χ2v) is 9.61. The van der Waals surface area contributed by atoms with Crippen LogP contribution in [0.5, 0.6) is 0 Å². The molecule has 1 heterocycles. The Morgan fingerprint density at radius 3 is 1.82 bits per heavy atom. The van der Waals surface area contributed by atoms with Crippen LogP contribution in [0.1, 0.15) is 55.7 Å². The number of benzene rings is 3. The van der Waals surface area contributed by atoms with Gasteiger partial charge in [0.05, 0.1) is 0 Å². The Labute approximate surface area is 196 Å². The van der Waals surface area contributed by atoms with Crippen LogP contribution >= 0.6 is 0 Å². The van der Waals surface area contributed by atoms with Crippen LogP contribution in [0.3, 0.4) is 0 Å². The summed E-state index contributed by atoms with van der Waals surface area (Å²) in [6, 6.07) is 29.9. The van der Waals surface area contributed by atoms with E-state index in [0.717, 1.165) is 17.5 Å². The van der Waals surface area contributed by atoms with E-state index in [-0.39, 0.29) is 18.1 Å². The van der Waals surface area contributed by atoms with Gasteiger partial charge in [-0.2, -0.15) is 0 Å². The van der Waals surface area contributed by atoms with Gasteiger partial charge in [0.15, 0.2) is 5.78 Å². The summed E-state index contributed by atoms with van der Waals surface area (Å²) in [7, 11) is 0. The molecule has 2 atom stereocenters. The van der Waals surface area contributed by atoms with Crippen molar-refractivity contribution in [2.24, 2.45) is 11.8 Å². The van der Waals surface area contributed by atoms with Gasteiger partial charge >= 0.3 is 5.97 Å². The molecule has 2 unspecified atom stereocenters. The summed E-state index contributed by atoms with van der Waals surface area (Å²) < 4.78 is 6.25. The maximum Gasteiger partial charge on any atom is 0.318 e. The molecule has 0 aliphatic carbocycles. The highest BCUT2D eigenvalue weighted by atomic mass is 16.6. The number of Topliss-reactive ketones (excluding diaryl/α,β-unsaturated/α-hetero) is 1. The molecule has 0 N–H and O–H groups in total. The van der Waals surface area contributed by atoms with E-state index in [1.165, 1.54) is 5.56 Å². The third-order valence-electron chi connectivity index (χ3n) is 6.56. The molecule has 3 nitrogen and oxygen atoms in total. The van der Waals surface area contributed by atoms with E-state index in [4.69, 9.17) is 4.74 Å². The summed E-state index contributed by atoms with van der Waals surface area (Å²) in [5, 5.41) is 0. The Hall–Kier alpha value is -3.20. The molecule has 4 rings (SSSR count). The lowest BCUT2D eigenvalue weighted by molar-refractivity contribution is -0.181. The van der Waals surface area contributed by atoms with Gasteiger partial charge in [-0.25, -0.2) is 0 Å². The van der Waals surface area contributed by atoms with Gasteiger partial charge < -0.3 is 4.74 Å². The van der Waals surface area contributed by atoms with Crippen molar-refractivity contribution < 1.29 is 14.3 Å². The van der Waals surface area contributed by atoms with Crippen LogP contribution in [0.15, 0.2) is 91.0 Å². The van der Waals surface area contributed by atoms with E-state index in [2.05, 4.69) is 26.0 Å². The number of cyclic esters (lactones) is 1. The second kappa shape index (κ2) is 10.2. The highest BCUT2D eigenvalue weighted by Crippen LogP contribution is 2.42. The fraction of sp³-hybridized carbons (Fsp3) is 0.333. The Morgan fingerprint density at radius 1 is 0.818 bits per heavy atom. The number of hydrogen-bond donors (Lipinski definition) is 0. The van der Waals surface area contributed by atoms with Gasteiger partial charge in [-0.3, -0.25) is 9.59 Å². The maximum atomic E-state index is 13.7. The second-order valence-electron chi connectivity index (χ2n) is 9.61. The molecule has 0 spiro atoms. The SMILES string of the molecule is CC(C)CC1(CCc2ccccc2)CC(=O)C(C(c2ccccc2)c2ccccc2)C(=O)O1. The Kier molecular flexibility index (Phi) is 7.08. The monoisotopic (exact) mass is 440 g/mol. The van der Waals surface area contributed by atoms with Gasteiger partial charge in [-0.05, 0) is 41.9 Å². The topological polar surface area (TPSA) is 43.4 Å². The molecule has 1 aliphatic heterocycles. The summed E-state index contributed by atoms with van der Waals surface area (Å²) in [6.07, 6.45) is 2.39. The third kappa shape index (κ3) is 5.42. The molecule has 0 aromatic heterocycles. The molecular weight excluding hydrogens is 408 g/mol. The number of carbonyl (C=O) groups is 2. The van der Waals surface area contributed by atoms with Crippen molar-refractivity contribution in [3.8, 4) is 0 Å². The molecule has 3 aromatic rings. The summed E-state index contributed by atoms with van der Waals surface area (Å²) >= 11 is 0. The number of aryl methyl sites for hydroxylation is 1. The smallest absolute Gasteiger partial charge is 0.318 e. The lowest BCUT2D eigenvalue weighted by atomic mass is 9.72. The highest BCUT2D eigenvalue weighted by molar-refractivity contribution is 6.03. The minimum atomic E-state index is -0.827. The molecule has 3 heteroatoms. The van der Waals surface area contributed by atoms with Gasteiger partial charge in [0.2, 0.25) is 0 Å². The number of rotatable bonds is 8. The van der Waals surface area contributed by atoms with Crippen molar-refractivity contribution in [1.82, 2.24) is 0 Å². The molecule has 0 saturated carbocycles. The van der Waals surface area contributed by atoms with Crippen LogP contribution in [-0.4, -0.2) is 17.4 Å². The van der Waals surface area contributed by atoms with Gasteiger partial charge in [0, 0.05) is 12.3 Å². The van der Waals surface area contributed by atoms with E-state index in [0.29, 0.717) is 18.8 Å². The quantitative estimate of drug-likeness (QED) is 0.302. The number of hydrogen-bond acceptors (Lipinski definition) is 3. The first-order valence-electron chi connectivity index (χ1n) is 11.9. The first kappa shape index (κ1) is 23.0. The van der Waals surface area contributed by atoms with Crippen molar-refractivity contribution >= 4 is 11.8 Å². The number of esters is 1. The van der Waals surface area contributed by atoms with Crippen molar-refractivity contribution in [2.75, 3.05) is 0 Å². The van der Waals surface area contributed by atoms with Crippen molar-refractivity contribution in [2.45, 2.75) is 51.0 Å². The standard InChI is InChI=1S/C30H32O3/c1-22(2)20-30(19-18-23-12-6-3-7-13-23)21-26(31)28(29(32)33-30)27(24-14-8-4-9-15-24)25-16-10-5-11-17-25/h3-17,22,27-28H,18-21H2,1-2H3. The van der Waals surface area contributed by atoms with E-state index < -0.39 is 17.5 Å². The fourth-order valence-electron chi connectivity index (χ4n) is 5.21. The van der Waals surface area contributed by atoms with Crippen LogP contribution in [0, 0.1) is 11.8 Å². The fourth-order valence-corrected chi connectivity index (χ4v) is 5.21. The first-order chi connectivity index (χ1) is 16.0. The van der Waals surface area contributed by atoms with Crippen LogP contribution in [0.4, 0.5) is 0 Å². The lowest BCUT2D eigenvalue weighted by Gasteiger charge is -2.42. The van der Waals surface area contributed by atoms with Crippen molar-refractivity contribution in [3.05, 3.63) is 108 Å². The summed E-state index contributed by atoms with van der Waals surface area (Å²) in [6.45, 7) is 4.23. The Morgan fingerprint density at radius 2 is 1.33 bits per heavy atom. The van der Waals surface area contributed by atoms with Crippen LogP contribution in [-0.2, 0) is 20.7 Å². The first-order valence-corrected chi connectivity index (χ1v) is 11.9. The molecule has 1 saturated heterocycles. The lowest BCUT2D eigenvalue weighted by Crippen LogP contribution is -2.50. The minimum absolute atomic E-state index is 0.0160. The average Bonchev–Trinajstić information content (AvgIpc) is 2.81.